The minimum absolute atomic E-state index is 0.0263. The number of likely N-dealkylation sites (N-methyl/N-ethyl adjacent to an activating group) is 1. The van der Waals surface area contributed by atoms with Crippen LogP contribution in [0, 0.1) is 0 Å². The number of fused-ring (bicyclic) bond motifs is 1. The Kier molecular flexibility index (Phi) is 9.03. The fourth-order valence-corrected chi connectivity index (χ4v) is 4.86. The van der Waals surface area contributed by atoms with Gasteiger partial charge in [0, 0.05) is 41.8 Å². The minimum atomic E-state index is -0.907. The number of carboxylic acids is 1. The Balaban J connectivity index is 1.68. The number of nitrogens with zero attached hydrogens (tertiary/aromatic N) is 2. The number of rotatable bonds is 11. The average Bonchev–Trinajstić information content (AvgIpc) is 3.13. The van der Waals surface area contributed by atoms with E-state index in [1.165, 1.54) is 18.4 Å². The molecule has 1 N–H and O–H groups in total. The van der Waals surface area contributed by atoms with Crippen molar-refractivity contribution in [2.24, 2.45) is 0 Å². The maximum absolute atomic E-state index is 11.8. The molecule has 2 aromatic carbocycles. The molecule has 3 rings (SSSR count). The van der Waals surface area contributed by atoms with Crippen molar-refractivity contribution >= 4 is 40.7 Å². The summed E-state index contributed by atoms with van der Waals surface area (Å²) >= 11 is 11.6. The smallest absolute Gasteiger partial charge is 0.374 e. The van der Waals surface area contributed by atoms with Crippen molar-refractivity contribution in [1.82, 2.24) is 9.38 Å². The van der Waals surface area contributed by atoms with Crippen molar-refractivity contribution in [2.45, 2.75) is 32.1 Å². The summed E-state index contributed by atoms with van der Waals surface area (Å²) in [6.07, 6.45) is 7.20. The average molecular weight is 488 g/mol. The molecule has 2 aromatic rings. The van der Waals surface area contributed by atoms with Crippen molar-refractivity contribution in [3.63, 3.8) is 0 Å². The van der Waals surface area contributed by atoms with E-state index in [1.54, 1.807) is 24.3 Å². The lowest BCUT2D eigenvalue weighted by atomic mass is 10.0. The zero-order valence-electron chi connectivity index (χ0n) is 19.1. The quantitative estimate of drug-likeness (QED) is 0.197. The van der Waals surface area contributed by atoms with Crippen LogP contribution in [-0.2, 0) is 17.6 Å². The maximum Gasteiger partial charge on any atom is 0.374 e. The fourth-order valence-electron chi connectivity index (χ4n) is 4.38. The summed E-state index contributed by atoms with van der Waals surface area (Å²) in [7, 11) is 2.12. The summed E-state index contributed by atoms with van der Waals surface area (Å²) in [5, 5.41) is 10.5. The molecule has 0 saturated carbocycles. The molecule has 0 fully saturated rings. The first-order valence-electron chi connectivity index (χ1n) is 11.3. The molecule has 1 aliphatic rings. The SMILES string of the molecule is C=CCN(C)CCCCCc1ccc2c(c1)CC[N+]2(CC(=O)O)C(=S)Oc1ccc(Cl)cc1. The van der Waals surface area contributed by atoms with Gasteiger partial charge in [-0.05, 0) is 68.8 Å². The van der Waals surface area contributed by atoms with Gasteiger partial charge in [-0.15, -0.1) is 6.58 Å². The number of hydrogen-bond donors (Lipinski definition) is 1. The topological polar surface area (TPSA) is 49.8 Å². The Labute approximate surface area is 206 Å². The van der Waals surface area contributed by atoms with E-state index in [2.05, 4.69) is 30.7 Å². The summed E-state index contributed by atoms with van der Waals surface area (Å²) in [5.41, 5.74) is 3.36. The van der Waals surface area contributed by atoms with Crippen molar-refractivity contribution < 1.29 is 14.6 Å². The van der Waals surface area contributed by atoms with Crippen molar-refractivity contribution in [3.05, 3.63) is 71.3 Å². The van der Waals surface area contributed by atoms with Gasteiger partial charge in [-0.3, -0.25) is 0 Å². The molecule has 1 heterocycles. The van der Waals surface area contributed by atoms with E-state index in [0.717, 1.165) is 43.6 Å². The van der Waals surface area contributed by atoms with E-state index in [4.69, 9.17) is 28.6 Å². The molecule has 176 valence electrons. The van der Waals surface area contributed by atoms with Crippen LogP contribution in [0.5, 0.6) is 5.75 Å². The Morgan fingerprint density at radius 2 is 2.00 bits per heavy atom. The molecule has 0 bridgehead atoms. The number of halogens is 1. The predicted octanol–water partition coefficient (Wildman–Crippen LogP) is 5.48. The first-order chi connectivity index (χ1) is 15.8. The van der Waals surface area contributed by atoms with Gasteiger partial charge in [-0.25, -0.2) is 9.28 Å². The summed E-state index contributed by atoms with van der Waals surface area (Å²) in [4.78, 5) is 14.0. The lowest BCUT2D eigenvalue weighted by Gasteiger charge is -2.31. The van der Waals surface area contributed by atoms with Gasteiger partial charge in [0.05, 0.1) is 6.54 Å². The number of hydrogen-bond acceptors (Lipinski definition) is 4. The number of quaternary nitrogens is 1. The van der Waals surface area contributed by atoms with Crippen LogP contribution in [-0.4, -0.2) is 54.4 Å². The summed E-state index contributed by atoms with van der Waals surface area (Å²) in [6, 6.07) is 13.3. The van der Waals surface area contributed by atoms with Gasteiger partial charge in [0.25, 0.3) is 0 Å². The Morgan fingerprint density at radius 1 is 1.24 bits per heavy atom. The van der Waals surface area contributed by atoms with Crippen LogP contribution in [0.4, 0.5) is 5.69 Å². The van der Waals surface area contributed by atoms with Crippen LogP contribution in [0.15, 0.2) is 55.1 Å². The third-order valence-corrected chi connectivity index (χ3v) is 6.77. The van der Waals surface area contributed by atoms with Crippen molar-refractivity contribution in [1.29, 1.82) is 0 Å². The van der Waals surface area contributed by atoms with Gasteiger partial charge in [0.15, 0.2) is 6.54 Å². The van der Waals surface area contributed by atoms with Crippen molar-refractivity contribution in [2.75, 3.05) is 33.2 Å². The third-order valence-electron chi connectivity index (χ3n) is 6.09. The van der Waals surface area contributed by atoms with E-state index < -0.39 is 5.97 Å². The number of aliphatic carboxylic acids is 1. The van der Waals surface area contributed by atoms with Crippen LogP contribution in [0.2, 0.25) is 5.02 Å². The third kappa shape index (κ3) is 6.64. The molecule has 5 nitrogen and oxygen atoms in total. The lowest BCUT2D eigenvalue weighted by Crippen LogP contribution is -2.57. The number of thiocarbonyl (C=S) groups is 1. The van der Waals surface area contributed by atoms with E-state index in [9.17, 15) is 9.90 Å². The van der Waals surface area contributed by atoms with Crippen LogP contribution >= 0.6 is 23.8 Å². The van der Waals surface area contributed by atoms with Crippen LogP contribution < -0.4 is 9.22 Å². The normalized spacial score (nSPS) is 17.1. The number of benzene rings is 2. The molecular weight excluding hydrogens is 456 g/mol. The largest absolute Gasteiger partial charge is 0.477 e. The molecule has 0 aromatic heterocycles. The number of ether oxygens (including phenoxy) is 1. The first kappa shape index (κ1) is 25.4. The van der Waals surface area contributed by atoms with Gasteiger partial charge in [0.1, 0.15) is 11.4 Å². The molecule has 1 unspecified atom stereocenters. The molecule has 1 aliphatic heterocycles. The molecule has 0 amide bonds. The molecule has 7 heteroatoms. The van der Waals surface area contributed by atoms with E-state index in [-0.39, 0.29) is 16.2 Å². The van der Waals surface area contributed by atoms with Crippen LogP contribution in [0.25, 0.3) is 0 Å². The molecule has 0 radical (unpaired) electrons. The second-order valence-corrected chi connectivity index (χ2v) is 9.43. The monoisotopic (exact) mass is 487 g/mol. The first-order valence-corrected chi connectivity index (χ1v) is 12.1. The van der Waals surface area contributed by atoms with Crippen LogP contribution in [0.3, 0.4) is 0 Å². The Hall–Kier alpha value is -2.25. The van der Waals surface area contributed by atoms with E-state index in [0.29, 0.717) is 17.3 Å². The van der Waals surface area contributed by atoms with Crippen molar-refractivity contribution in [3.8, 4) is 5.75 Å². The highest BCUT2D eigenvalue weighted by atomic mass is 35.5. The maximum atomic E-state index is 11.8. The number of unbranched alkanes of at least 4 members (excludes halogenated alkanes) is 2. The van der Waals surface area contributed by atoms with Crippen LogP contribution in [0.1, 0.15) is 30.4 Å². The number of aryl methyl sites for hydroxylation is 1. The lowest BCUT2D eigenvalue weighted by molar-refractivity contribution is -0.137. The highest BCUT2D eigenvalue weighted by Crippen LogP contribution is 2.37. The second-order valence-electron chi connectivity index (χ2n) is 8.64. The fraction of sp³-hybridized carbons (Fsp3) is 0.385. The molecular formula is C26H32ClN2O3S+. The summed E-state index contributed by atoms with van der Waals surface area (Å²) in [5.74, 6) is -0.355. The van der Waals surface area contributed by atoms with E-state index in [1.807, 2.05) is 12.1 Å². The predicted molar refractivity (Wildman–Crippen MR) is 139 cm³/mol. The molecule has 1 atom stereocenters. The highest BCUT2D eigenvalue weighted by Gasteiger charge is 2.46. The van der Waals surface area contributed by atoms with Gasteiger partial charge >= 0.3 is 11.1 Å². The molecule has 0 aliphatic carbocycles. The van der Waals surface area contributed by atoms with Gasteiger partial charge in [-0.2, -0.15) is 0 Å². The van der Waals surface area contributed by atoms with E-state index >= 15 is 0 Å². The minimum Gasteiger partial charge on any atom is -0.477 e. The summed E-state index contributed by atoms with van der Waals surface area (Å²) in [6.45, 7) is 6.21. The van der Waals surface area contributed by atoms with Gasteiger partial charge in [0.2, 0.25) is 0 Å². The Bertz CT molecular complexity index is 996. The molecule has 33 heavy (non-hydrogen) atoms. The highest BCUT2D eigenvalue weighted by molar-refractivity contribution is 7.80. The van der Waals surface area contributed by atoms with Gasteiger partial charge < -0.3 is 14.7 Å². The molecule has 0 spiro atoms. The number of carboxylic acid groups (broad SMARTS) is 1. The second kappa shape index (κ2) is 11.7. The standard InChI is InChI=1S/C26H31ClN2O3S/c1-3-15-28(2)16-6-4-5-7-20-8-13-24-21(18-20)14-17-29(24,19-25(30)31)26(33)32-23-11-9-22(27)10-12-23/h3,8-13,18H,1,4-7,14-17,19H2,2H3/p+1. The zero-order valence-corrected chi connectivity index (χ0v) is 20.7. The zero-order chi connectivity index (χ0) is 23.8. The molecule has 0 saturated heterocycles. The Morgan fingerprint density at radius 3 is 2.70 bits per heavy atom. The van der Waals surface area contributed by atoms with Gasteiger partial charge in [-0.1, -0.05) is 30.2 Å². The summed E-state index contributed by atoms with van der Waals surface area (Å²) < 4.78 is 5.97. The number of carbonyl (C=O) groups is 1.